The molecular weight excluding hydrogens is 333 g/mol. The molecule has 0 saturated heterocycles. The van der Waals surface area contributed by atoms with Crippen molar-refractivity contribution in [3.8, 4) is 0 Å². The van der Waals surface area contributed by atoms with Crippen LogP contribution in [0.3, 0.4) is 0 Å². The van der Waals surface area contributed by atoms with Gasteiger partial charge in [-0.15, -0.1) is 0 Å². The van der Waals surface area contributed by atoms with Crippen LogP contribution in [-0.4, -0.2) is 107 Å². The summed E-state index contributed by atoms with van der Waals surface area (Å²) in [5.74, 6) is 0. The average Bonchev–Trinajstić information content (AvgIpc) is 1.94. The first-order valence-corrected chi connectivity index (χ1v) is 3.85. The molecule has 0 heterocycles. The van der Waals surface area contributed by atoms with Crippen molar-refractivity contribution in [1.82, 2.24) is 0 Å². The number of hydrogen-bond acceptors (Lipinski definition) is 15. The van der Waals surface area contributed by atoms with E-state index in [1.165, 1.54) is 0 Å². The maximum atomic E-state index is 8.64. The molecule has 0 saturated carbocycles. The molecule has 0 unspecified atom stereocenters. The van der Waals surface area contributed by atoms with Crippen LogP contribution in [-0.2, 0) is 0 Å². The second-order valence-corrected chi connectivity index (χ2v) is 1.71. The Balaban J connectivity index is -0.0000000331. The third-order valence-electron chi connectivity index (χ3n) is 0. The minimum atomic E-state index is -2.42. The maximum absolute atomic E-state index is 8.64. The zero-order valence-corrected chi connectivity index (χ0v) is 13.7. The Morgan fingerprint density at radius 2 is 0.381 bits per heavy atom. The summed E-state index contributed by atoms with van der Waals surface area (Å²) in [5.41, 5.74) is 0. The molecule has 0 aliphatic heterocycles. The standard InChI is InChI=1S/4BH3O3.BH2O3.K/c5*2-1(3)4;/h4*2-4H;2-3H;/q;;;;-1;+1. The first kappa shape index (κ1) is 38.1. The van der Waals surface area contributed by atoms with Crippen molar-refractivity contribution in [2.24, 2.45) is 0 Å². The minimum absolute atomic E-state index is 0. The molecule has 0 bridgehead atoms. The zero-order valence-electron chi connectivity index (χ0n) is 10.6. The molecule has 0 aromatic rings. The van der Waals surface area contributed by atoms with Crippen molar-refractivity contribution in [3.05, 3.63) is 0 Å². The van der Waals surface area contributed by atoms with E-state index in [1.807, 2.05) is 0 Å². The fraction of sp³-hybridized carbons (Fsp3) is 0. The third-order valence-corrected chi connectivity index (χ3v) is 0. The third kappa shape index (κ3) is 4320. The molecular formula is H14B5KO15. The van der Waals surface area contributed by atoms with Gasteiger partial charge in [-0.2, -0.15) is 0 Å². The molecule has 0 fully saturated rings. The van der Waals surface area contributed by atoms with Gasteiger partial charge in [0.05, 0.1) is 0 Å². The summed E-state index contributed by atoms with van der Waals surface area (Å²) in [6.45, 7) is 0. The molecule has 120 valence electrons. The van der Waals surface area contributed by atoms with E-state index in [0.717, 1.165) is 0 Å². The van der Waals surface area contributed by atoms with E-state index in [4.69, 9.17) is 75.4 Å². The SMILES string of the molecule is OB(O)O.OB(O)O.OB(O)O.OB(O)O.[K+].[O-]B(O)O. The second-order valence-electron chi connectivity index (χ2n) is 1.71. The quantitative estimate of drug-likeness (QED) is 0.181. The molecule has 21 heteroatoms. The Kier molecular flexibility index (Phi) is 60.0. The maximum Gasteiger partial charge on any atom is 1.00 e. The molecule has 0 aliphatic carbocycles. The second kappa shape index (κ2) is 33.1. The summed E-state index contributed by atoms with van der Waals surface area (Å²) in [6.07, 6.45) is 0. The van der Waals surface area contributed by atoms with Crippen LogP contribution in [0, 0.1) is 0 Å². The van der Waals surface area contributed by atoms with Crippen LogP contribution in [0.25, 0.3) is 0 Å². The Labute approximate surface area is 162 Å². The van der Waals surface area contributed by atoms with Crippen LogP contribution in [0.15, 0.2) is 0 Å². The van der Waals surface area contributed by atoms with Crippen LogP contribution in [0.1, 0.15) is 0 Å². The van der Waals surface area contributed by atoms with E-state index in [9.17, 15) is 0 Å². The molecule has 0 spiro atoms. The molecule has 0 aromatic carbocycles. The number of hydrogen-bond donors (Lipinski definition) is 14. The van der Waals surface area contributed by atoms with Crippen molar-refractivity contribution in [2.75, 3.05) is 0 Å². The van der Waals surface area contributed by atoms with Crippen LogP contribution >= 0.6 is 0 Å². The van der Waals surface area contributed by atoms with Gasteiger partial charge in [-0.05, 0) is 0 Å². The monoisotopic (exact) mass is 348 g/mol. The van der Waals surface area contributed by atoms with Gasteiger partial charge in [0.25, 0.3) is 0 Å². The summed E-state index contributed by atoms with van der Waals surface area (Å²) < 4.78 is 0. The van der Waals surface area contributed by atoms with Crippen molar-refractivity contribution in [3.63, 3.8) is 0 Å². The smallest absolute Gasteiger partial charge is 0.832 e. The topological polar surface area (TPSA) is 306 Å². The Hall–Kier alpha value is 1.36. The van der Waals surface area contributed by atoms with Crippen LogP contribution in [0.4, 0.5) is 0 Å². The number of rotatable bonds is 0. The predicted molar refractivity (Wildman–Crippen MR) is 59.8 cm³/mol. The van der Waals surface area contributed by atoms with Crippen LogP contribution in [0.2, 0.25) is 0 Å². The van der Waals surface area contributed by atoms with Gasteiger partial charge in [-0.1, -0.05) is 0 Å². The fourth-order valence-electron chi connectivity index (χ4n) is 0. The average molecular weight is 347 g/mol. The van der Waals surface area contributed by atoms with Gasteiger partial charge >= 0.3 is 88.0 Å². The Bertz CT molecular complexity index is 80.6. The van der Waals surface area contributed by atoms with E-state index in [1.54, 1.807) is 0 Å². The molecule has 0 atom stereocenters. The first-order chi connectivity index (χ1) is 8.66. The summed E-state index contributed by atoms with van der Waals surface area (Å²) in [6, 6.07) is 0. The van der Waals surface area contributed by atoms with Gasteiger partial charge in [0, 0.05) is 0 Å². The van der Waals surface area contributed by atoms with Gasteiger partial charge in [0.2, 0.25) is 0 Å². The van der Waals surface area contributed by atoms with Crippen molar-refractivity contribution >= 4 is 36.6 Å². The van der Waals surface area contributed by atoms with E-state index < -0.39 is 36.6 Å². The Morgan fingerprint density at radius 1 is 0.381 bits per heavy atom. The molecule has 0 rings (SSSR count). The van der Waals surface area contributed by atoms with E-state index >= 15 is 0 Å². The molecule has 0 aliphatic rings. The predicted octanol–water partition coefficient (Wildman–Crippen LogP) is -13.9. The van der Waals surface area contributed by atoms with E-state index in [0.29, 0.717) is 0 Å². The molecule has 0 radical (unpaired) electrons. The molecule has 14 N–H and O–H groups in total. The normalized spacial score (nSPS) is 6.43. The van der Waals surface area contributed by atoms with Gasteiger partial charge in [-0.25, -0.2) is 0 Å². The van der Waals surface area contributed by atoms with Gasteiger partial charge < -0.3 is 75.4 Å². The van der Waals surface area contributed by atoms with Gasteiger partial charge in [0.15, 0.2) is 0 Å². The molecule has 0 aromatic heterocycles. The van der Waals surface area contributed by atoms with Crippen molar-refractivity contribution in [1.29, 1.82) is 0 Å². The molecule has 21 heavy (non-hydrogen) atoms. The Morgan fingerprint density at radius 3 is 0.381 bits per heavy atom. The molecule has 15 nitrogen and oxygen atoms in total. The zero-order chi connectivity index (χ0) is 17.9. The van der Waals surface area contributed by atoms with E-state index in [2.05, 4.69) is 0 Å². The van der Waals surface area contributed by atoms with Crippen molar-refractivity contribution < 1.29 is 127 Å². The van der Waals surface area contributed by atoms with Crippen molar-refractivity contribution in [2.45, 2.75) is 0 Å². The van der Waals surface area contributed by atoms with Gasteiger partial charge in [0.1, 0.15) is 0 Å². The van der Waals surface area contributed by atoms with Crippen LogP contribution < -0.4 is 56.4 Å². The van der Waals surface area contributed by atoms with E-state index in [-0.39, 0.29) is 51.4 Å². The summed E-state index contributed by atoms with van der Waals surface area (Å²) in [7, 11) is -11.1. The van der Waals surface area contributed by atoms with Gasteiger partial charge in [-0.3, -0.25) is 0 Å². The largest absolute Gasteiger partial charge is 1.00 e. The summed E-state index contributed by atoms with van der Waals surface area (Å²) >= 11 is 0. The summed E-state index contributed by atoms with van der Waals surface area (Å²) in [4.78, 5) is 0. The summed E-state index contributed by atoms with van der Waals surface area (Å²) in [5, 5.41) is 109. The fourth-order valence-corrected chi connectivity index (χ4v) is 0. The molecule has 0 amide bonds. The minimum Gasteiger partial charge on any atom is -0.832 e. The first-order valence-electron chi connectivity index (χ1n) is 3.85. The van der Waals surface area contributed by atoms with Crippen LogP contribution in [0.5, 0.6) is 0 Å².